The van der Waals surface area contributed by atoms with Crippen LogP contribution in [0.1, 0.15) is 17.3 Å². The molecule has 24 heavy (non-hydrogen) atoms. The van der Waals surface area contributed by atoms with Gasteiger partial charge >= 0.3 is 6.09 Å². The van der Waals surface area contributed by atoms with Crippen LogP contribution in [0.4, 0.5) is 9.18 Å². The summed E-state index contributed by atoms with van der Waals surface area (Å²) in [5, 5.41) is 0.615. The highest BCUT2D eigenvalue weighted by atomic mass is 19.1. The van der Waals surface area contributed by atoms with Crippen LogP contribution >= 0.6 is 0 Å². The number of fused-ring (bicyclic) bond motifs is 1. The number of nitrogens with one attached hydrogen (secondary N) is 2. The molecule has 1 saturated heterocycles. The predicted octanol–water partition coefficient (Wildman–Crippen LogP) is 0.847. The minimum atomic E-state index is -0.355. The van der Waals surface area contributed by atoms with Crippen molar-refractivity contribution >= 4 is 22.8 Å². The molecule has 1 fully saturated rings. The second kappa shape index (κ2) is 7.00. The number of hydrogen-bond acceptors (Lipinski definition) is 3. The van der Waals surface area contributed by atoms with Crippen LogP contribution < -0.4 is 4.90 Å². The largest absolute Gasteiger partial charge is 0.450 e. The molecule has 0 radical (unpaired) electrons. The first-order valence-corrected chi connectivity index (χ1v) is 8.13. The normalized spacial score (nSPS) is 15.7. The molecule has 2 aromatic rings. The molecular formula is C17H21FN3O3+. The Morgan fingerprint density at radius 3 is 2.79 bits per heavy atom. The third-order valence-electron chi connectivity index (χ3n) is 4.35. The Hall–Kier alpha value is -2.41. The molecule has 1 amide bonds. The molecule has 0 saturated carbocycles. The molecule has 3 rings (SSSR count). The van der Waals surface area contributed by atoms with E-state index in [0.29, 0.717) is 50.3 Å². The Balaban J connectivity index is 1.61. The van der Waals surface area contributed by atoms with E-state index in [2.05, 4.69) is 4.98 Å². The Bertz CT molecular complexity index is 751. The van der Waals surface area contributed by atoms with E-state index < -0.39 is 0 Å². The highest BCUT2D eigenvalue weighted by Crippen LogP contribution is 2.19. The summed E-state index contributed by atoms with van der Waals surface area (Å²) < 4.78 is 18.4. The third-order valence-corrected chi connectivity index (χ3v) is 4.35. The van der Waals surface area contributed by atoms with Crippen LogP contribution in [-0.4, -0.2) is 61.1 Å². The van der Waals surface area contributed by atoms with Crippen molar-refractivity contribution in [1.29, 1.82) is 0 Å². The number of aromatic amines is 1. The molecule has 0 bridgehead atoms. The Labute approximate surface area is 139 Å². The fourth-order valence-corrected chi connectivity index (χ4v) is 3.04. The number of aromatic nitrogens is 1. The van der Waals surface area contributed by atoms with E-state index in [9.17, 15) is 14.0 Å². The lowest BCUT2D eigenvalue weighted by atomic mass is 10.1. The van der Waals surface area contributed by atoms with Crippen molar-refractivity contribution in [2.45, 2.75) is 6.92 Å². The van der Waals surface area contributed by atoms with Crippen LogP contribution in [0.3, 0.4) is 0 Å². The van der Waals surface area contributed by atoms with Gasteiger partial charge in [-0.05, 0) is 25.1 Å². The number of hydrogen-bond donors (Lipinski definition) is 2. The molecule has 0 aliphatic carbocycles. The number of benzene rings is 1. The Morgan fingerprint density at radius 2 is 2.08 bits per heavy atom. The van der Waals surface area contributed by atoms with Crippen LogP contribution in [0, 0.1) is 5.82 Å². The zero-order valence-electron chi connectivity index (χ0n) is 13.6. The van der Waals surface area contributed by atoms with Gasteiger partial charge < -0.3 is 14.6 Å². The van der Waals surface area contributed by atoms with Gasteiger partial charge in [-0.2, -0.15) is 0 Å². The number of Topliss-reactive ketones (excluding diaryl/α,β-unsaturated/α-hetero) is 1. The van der Waals surface area contributed by atoms with E-state index in [0.717, 1.165) is 10.4 Å². The number of amides is 1. The summed E-state index contributed by atoms with van der Waals surface area (Å²) >= 11 is 0. The molecule has 0 atom stereocenters. The average molecular weight is 334 g/mol. The van der Waals surface area contributed by atoms with Gasteiger partial charge in [0.05, 0.1) is 32.8 Å². The maximum atomic E-state index is 13.4. The standard InChI is InChI=1S/C17H20FN3O3/c1-2-24-17(23)21-7-5-20(6-8-21)11-16(22)14-10-19-15-4-3-12(18)9-13(14)15/h3-4,9-10,19H,2,5-8,11H2,1H3/p+1. The summed E-state index contributed by atoms with van der Waals surface area (Å²) in [4.78, 5) is 30.0. The van der Waals surface area contributed by atoms with Gasteiger partial charge in [0.15, 0.2) is 0 Å². The number of halogens is 1. The third kappa shape index (κ3) is 3.41. The maximum Gasteiger partial charge on any atom is 0.410 e. The van der Waals surface area contributed by atoms with Crippen molar-refractivity contribution in [3.05, 3.63) is 35.8 Å². The molecular weight excluding hydrogens is 313 g/mol. The lowest BCUT2D eigenvalue weighted by Gasteiger charge is -2.31. The Morgan fingerprint density at radius 1 is 1.33 bits per heavy atom. The molecule has 7 heteroatoms. The molecule has 128 valence electrons. The van der Waals surface area contributed by atoms with E-state index in [1.165, 1.54) is 12.1 Å². The van der Waals surface area contributed by atoms with E-state index in [1.807, 2.05) is 0 Å². The Kier molecular flexibility index (Phi) is 4.80. The van der Waals surface area contributed by atoms with Crippen molar-refractivity contribution in [3.63, 3.8) is 0 Å². The molecule has 1 aliphatic rings. The first-order valence-electron chi connectivity index (χ1n) is 8.13. The number of piperazine rings is 1. The van der Waals surface area contributed by atoms with Crippen LogP contribution in [0.15, 0.2) is 24.4 Å². The minimum absolute atomic E-state index is 0.0218. The summed E-state index contributed by atoms with van der Waals surface area (Å²) in [6.45, 7) is 5.01. The summed E-state index contributed by atoms with van der Waals surface area (Å²) in [7, 11) is 0. The van der Waals surface area contributed by atoms with Crippen molar-refractivity contribution < 1.29 is 23.6 Å². The van der Waals surface area contributed by atoms with Crippen molar-refractivity contribution in [1.82, 2.24) is 9.88 Å². The first-order chi connectivity index (χ1) is 11.6. The molecule has 0 unspecified atom stereocenters. The minimum Gasteiger partial charge on any atom is -0.450 e. The predicted molar refractivity (Wildman–Crippen MR) is 86.7 cm³/mol. The quantitative estimate of drug-likeness (QED) is 0.815. The van der Waals surface area contributed by atoms with E-state index in [1.54, 1.807) is 24.1 Å². The topological polar surface area (TPSA) is 66.8 Å². The second-order valence-corrected chi connectivity index (χ2v) is 5.93. The zero-order valence-corrected chi connectivity index (χ0v) is 13.6. The van der Waals surface area contributed by atoms with Crippen LogP contribution in [-0.2, 0) is 4.74 Å². The smallest absolute Gasteiger partial charge is 0.410 e. The van der Waals surface area contributed by atoms with Crippen molar-refractivity contribution in [2.24, 2.45) is 0 Å². The van der Waals surface area contributed by atoms with Gasteiger partial charge in [-0.3, -0.25) is 9.69 Å². The van der Waals surface area contributed by atoms with Crippen LogP contribution in [0.2, 0.25) is 0 Å². The fraction of sp³-hybridized carbons (Fsp3) is 0.412. The van der Waals surface area contributed by atoms with Gasteiger partial charge in [0.1, 0.15) is 12.4 Å². The summed E-state index contributed by atoms with van der Waals surface area (Å²) in [6, 6.07) is 4.38. The van der Waals surface area contributed by atoms with Crippen molar-refractivity contribution in [3.8, 4) is 0 Å². The highest BCUT2D eigenvalue weighted by molar-refractivity contribution is 6.08. The second-order valence-electron chi connectivity index (χ2n) is 5.93. The van der Waals surface area contributed by atoms with Crippen LogP contribution in [0.25, 0.3) is 10.9 Å². The van der Waals surface area contributed by atoms with Gasteiger partial charge in [-0.25, -0.2) is 9.18 Å². The number of quaternary nitrogens is 1. The number of carbonyl (C=O) groups is 2. The summed E-state index contributed by atoms with van der Waals surface area (Å²) in [6.07, 6.45) is 1.34. The number of ether oxygens (including phenoxy) is 1. The van der Waals surface area contributed by atoms with E-state index in [-0.39, 0.29) is 17.7 Å². The van der Waals surface area contributed by atoms with E-state index in [4.69, 9.17) is 4.74 Å². The summed E-state index contributed by atoms with van der Waals surface area (Å²) in [5.74, 6) is -0.377. The maximum absolute atomic E-state index is 13.4. The highest BCUT2D eigenvalue weighted by Gasteiger charge is 2.26. The number of carbonyl (C=O) groups excluding carboxylic acids is 2. The number of rotatable bonds is 4. The molecule has 1 aliphatic heterocycles. The van der Waals surface area contributed by atoms with Gasteiger partial charge in [-0.1, -0.05) is 0 Å². The first kappa shape index (κ1) is 16.4. The van der Waals surface area contributed by atoms with Crippen LogP contribution in [0.5, 0.6) is 0 Å². The molecule has 2 heterocycles. The van der Waals surface area contributed by atoms with E-state index >= 15 is 0 Å². The molecule has 1 aromatic carbocycles. The van der Waals surface area contributed by atoms with Gasteiger partial charge in [0.25, 0.3) is 0 Å². The summed E-state index contributed by atoms with van der Waals surface area (Å²) in [5.41, 5.74) is 1.27. The lowest BCUT2D eigenvalue weighted by molar-refractivity contribution is -0.895. The number of ketones is 1. The van der Waals surface area contributed by atoms with Gasteiger partial charge in [-0.15, -0.1) is 0 Å². The molecule has 2 N–H and O–H groups in total. The van der Waals surface area contributed by atoms with Gasteiger partial charge in [0, 0.05) is 22.7 Å². The van der Waals surface area contributed by atoms with Crippen molar-refractivity contribution in [2.75, 3.05) is 39.3 Å². The lowest BCUT2D eigenvalue weighted by Crippen LogP contribution is -3.15. The number of nitrogens with zero attached hydrogens (tertiary/aromatic N) is 1. The fourth-order valence-electron chi connectivity index (χ4n) is 3.04. The van der Waals surface area contributed by atoms with Gasteiger partial charge in [0.2, 0.25) is 5.78 Å². The SMILES string of the molecule is CCOC(=O)N1CC[NH+](CC(=O)c2c[nH]c3ccc(F)cc23)CC1. The average Bonchev–Trinajstić information content (AvgIpc) is 2.98. The molecule has 6 nitrogen and oxygen atoms in total. The zero-order chi connectivity index (χ0) is 17.1. The number of H-pyrrole nitrogens is 1. The molecule has 0 spiro atoms. The molecule has 1 aromatic heterocycles. The monoisotopic (exact) mass is 334 g/mol.